The SMILES string of the molecule is CC(C)(C)OC(=O)N1CCN(c2ccc3c(c2)CN(C(=O)OCc2ccccc2)C3)[C@@H](CC#N)C1. The molecule has 0 aromatic heterocycles. The van der Waals surface area contributed by atoms with Gasteiger partial charge in [-0.1, -0.05) is 36.4 Å². The van der Waals surface area contributed by atoms with Crippen molar-refractivity contribution in [1.29, 1.82) is 5.26 Å². The molecule has 35 heavy (non-hydrogen) atoms. The van der Waals surface area contributed by atoms with E-state index in [4.69, 9.17) is 9.47 Å². The van der Waals surface area contributed by atoms with Crippen LogP contribution in [0.4, 0.5) is 15.3 Å². The van der Waals surface area contributed by atoms with Gasteiger partial charge in [0.2, 0.25) is 0 Å². The lowest BCUT2D eigenvalue weighted by atomic mass is 10.0. The van der Waals surface area contributed by atoms with Crippen LogP contribution in [0.1, 0.15) is 43.9 Å². The smallest absolute Gasteiger partial charge is 0.410 e. The van der Waals surface area contributed by atoms with Gasteiger partial charge in [0.05, 0.1) is 18.5 Å². The maximum Gasteiger partial charge on any atom is 0.410 e. The lowest BCUT2D eigenvalue weighted by Crippen LogP contribution is -2.55. The molecule has 2 aliphatic heterocycles. The fraction of sp³-hybridized carbons (Fsp3) is 0.444. The van der Waals surface area contributed by atoms with Crippen LogP contribution in [0.15, 0.2) is 48.5 Å². The summed E-state index contributed by atoms with van der Waals surface area (Å²) < 4.78 is 11.0. The molecule has 1 fully saturated rings. The van der Waals surface area contributed by atoms with Gasteiger partial charge in [0.15, 0.2) is 0 Å². The Morgan fingerprint density at radius 2 is 1.74 bits per heavy atom. The van der Waals surface area contributed by atoms with Crippen LogP contribution in [0.25, 0.3) is 0 Å². The Kier molecular flexibility index (Phi) is 7.15. The van der Waals surface area contributed by atoms with Crippen LogP contribution in [0.3, 0.4) is 0 Å². The Bertz CT molecular complexity index is 1110. The zero-order chi connectivity index (χ0) is 25.0. The first-order valence-electron chi connectivity index (χ1n) is 11.9. The van der Waals surface area contributed by atoms with E-state index in [1.54, 1.807) is 9.80 Å². The van der Waals surface area contributed by atoms with E-state index in [1.807, 2.05) is 63.2 Å². The van der Waals surface area contributed by atoms with Gasteiger partial charge in [0.1, 0.15) is 12.2 Å². The van der Waals surface area contributed by atoms with Crippen molar-refractivity contribution in [3.05, 3.63) is 65.2 Å². The van der Waals surface area contributed by atoms with Gasteiger partial charge < -0.3 is 19.3 Å². The first-order chi connectivity index (χ1) is 16.7. The van der Waals surface area contributed by atoms with Crippen LogP contribution in [0, 0.1) is 11.3 Å². The van der Waals surface area contributed by atoms with Gasteiger partial charge in [-0.2, -0.15) is 5.26 Å². The van der Waals surface area contributed by atoms with Gasteiger partial charge >= 0.3 is 12.2 Å². The summed E-state index contributed by atoms with van der Waals surface area (Å²) in [5.74, 6) is 0. The van der Waals surface area contributed by atoms with Crippen LogP contribution in [0.5, 0.6) is 0 Å². The minimum Gasteiger partial charge on any atom is -0.445 e. The summed E-state index contributed by atoms with van der Waals surface area (Å²) in [4.78, 5) is 30.7. The van der Waals surface area contributed by atoms with Crippen molar-refractivity contribution < 1.29 is 19.1 Å². The Morgan fingerprint density at radius 3 is 2.46 bits per heavy atom. The third-order valence-electron chi connectivity index (χ3n) is 6.17. The second-order valence-corrected chi connectivity index (χ2v) is 9.99. The summed E-state index contributed by atoms with van der Waals surface area (Å²) in [5, 5.41) is 9.41. The monoisotopic (exact) mass is 476 g/mol. The number of benzene rings is 2. The molecule has 4 rings (SSSR count). The summed E-state index contributed by atoms with van der Waals surface area (Å²) in [6, 6.07) is 17.9. The Hall–Kier alpha value is -3.73. The van der Waals surface area contributed by atoms with Gasteiger partial charge in [-0.05, 0) is 49.6 Å². The van der Waals surface area contributed by atoms with Gasteiger partial charge in [0, 0.05) is 38.4 Å². The molecule has 0 aliphatic carbocycles. The Morgan fingerprint density at radius 1 is 1.00 bits per heavy atom. The van der Waals surface area contributed by atoms with Crippen molar-refractivity contribution in [2.75, 3.05) is 24.5 Å². The molecule has 0 bridgehead atoms. The van der Waals surface area contributed by atoms with Gasteiger partial charge in [0.25, 0.3) is 0 Å². The van der Waals surface area contributed by atoms with Crippen molar-refractivity contribution in [2.24, 2.45) is 0 Å². The number of carbonyl (C=O) groups is 2. The minimum absolute atomic E-state index is 0.132. The number of hydrogen-bond acceptors (Lipinski definition) is 6. The summed E-state index contributed by atoms with van der Waals surface area (Å²) in [7, 11) is 0. The number of rotatable bonds is 4. The molecule has 0 spiro atoms. The van der Waals surface area contributed by atoms with Crippen molar-refractivity contribution in [3.63, 3.8) is 0 Å². The molecule has 2 aromatic rings. The van der Waals surface area contributed by atoms with E-state index in [2.05, 4.69) is 17.0 Å². The molecule has 1 atom stereocenters. The standard InChI is InChI=1S/C27H32N4O4/c1-27(2,3)35-26(33)29-13-14-31(24(18-29)11-12-28)23-10-9-21-16-30(17-22(21)15-23)25(32)34-19-20-7-5-4-6-8-20/h4-10,15,24H,11,13-14,16-19H2,1-3H3/t24-/m0/s1. The number of carbonyl (C=O) groups excluding carboxylic acids is 2. The fourth-order valence-electron chi connectivity index (χ4n) is 4.47. The normalized spacial score (nSPS) is 17.5. The van der Waals surface area contributed by atoms with Gasteiger partial charge in [-0.25, -0.2) is 9.59 Å². The van der Waals surface area contributed by atoms with Crippen LogP contribution in [-0.2, 0) is 29.2 Å². The molecule has 0 unspecified atom stereocenters. The van der Waals surface area contributed by atoms with E-state index in [0.717, 1.165) is 22.4 Å². The number of ether oxygens (including phenoxy) is 2. The number of hydrogen-bond donors (Lipinski definition) is 0. The van der Waals surface area contributed by atoms with Gasteiger partial charge in [-0.15, -0.1) is 0 Å². The second-order valence-electron chi connectivity index (χ2n) is 9.99. The molecule has 0 N–H and O–H groups in total. The molecular formula is C27H32N4O4. The number of anilines is 1. The van der Waals surface area contributed by atoms with Crippen molar-refractivity contribution in [3.8, 4) is 6.07 Å². The van der Waals surface area contributed by atoms with Gasteiger partial charge in [-0.3, -0.25) is 4.90 Å². The largest absolute Gasteiger partial charge is 0.445 e. The predicted octanol–water partition coefficient (Wildman–Crippen LogP) is 4.68. The highest BCUT2D eigenvalue weighted by Gasteiger charge is 2.33. The van der Waals surface area contributed by atoms with Crippen LogP contribution < -0.4 is 4.90 Å². The zero-order valence-corrected chi connectivity index (χ0v) is 20.6. The second kappa shape index (κ2) is 10.3. The first-order valence-corrected chi connectivity index (χ1v) is 11.9. The Labute approximate surface area is 206 Å². The minimum atomic E-state index is -0.562. The van der Waals surface area contributed by atoms with Crippen molar-refractivity contribution >= 4 is 17.9 Å². The lowest BCUT2D eigenvalue weighted by Gasteiger charge is -2.42. The molecule has 0 saturated carbocycles. The summed E-state index contributed by atoms with van der Waals surface area (Å²) in [5.41, 5.74) is 3.55. The van der Waals surface area contributed by atoms with Crippen molar-refractivity contribution in [1.82, 2.24) is 9.80 Å². The lowest BCUT2D eigenvalue weighted by molar-refractivity contribution is 0.0215. The maximum absolute atomic E-state index is 12.6. The number of fused-ring (bicyclic) bond motifs is 1. The summed E-state index contributed by atoms with van der Waals surface area (Å²) in [6.45, 7) is 8.33. The maximum atomic E-state index is 12.6. The summed E-state index contributed by atoms with van der Waals surface area (Å²) in [6.07, 6.45) is -0.382. The molecule has 184 valence electrons. The highest BCUT2D eigenvalue weighted by atomic mass is 16.6. The highest BCUT2D eigenvalue weighted by molar-refractivity contribution is 5.70. The first kappa shape index (κ1) is 24.4. The molecule has 2 aliphatic rings. The van der Waals surface area contributed by atoms with E-state index in [-0.39, 0.29) is 24.8 Å². The average Bonchev–Trinajstić information content (AvgIpc) is 3.26. The van der Waals surface area contributed by atoms with E-state index in [9.17, 15) is 14.9 Å². The number of nitrogens with zero attached hydrogens (tertiary/aromatic N) is 4. The van der Waals surface area contributed by atoms with Crippen molar-refractivity contribution in [2.45, 2.75) is 58.5 Å². The van der Waals surface area contributed by atoms with E-state index in [0.29, 0.717) is 39.1 Å². The predicted molar refractivity (Wildman–Crippen MR) is 131 cm³/mol. The third kappa shape index (κ3) is 6.04. The third-order valence-corrected chi connectivity index (χ3v) is 6.17. The Balaban J connectivity index is 1.40. The average molecular weight is 477 g/mol. The highest BCUT2D eigenvalue weighted by Crippen LogP contribution is 2.30. The van der Waals surface area contributed by atoms with Crippen LogP contribution in [0.2, 0.25) is 0 Å². The number of amides is 2. The molecule has 8 heteroatoms. The molecule has 0 radical (unpaired) electrons. The van der Waals surface area contributed by atoms with Crippen LogP contribution in [-0.4, -0.2) is 53.3 Å². The topological polar surface area (TPSA) is 86.1 Å². The van der Waals surface area contributed by atoms with E-state index >= 15 is 0 Å². The fourth-order valence-corrected chi connectivity index (χ4v) is 4.47. The van der Waals surface area contributed by atoms with Crippen LogP contribution >= 0.6 is 0 Å². The molecule has 1 saturated heterocycles. The quantitative estimate of drug-likeness (QED) is 0.637. The number of nitriles is 1. The zero-order valence-electron chi connectivity index (χ0n) is 20.6. The molecule has 8 nitrogen and oxygen atoms in total. The summed E-state index contributed by atoms with van der Waals surface area (Å²) >= 11 is 0. The molecule has 2 heterocycles. The van der Waals surface area contributed by atoms with E-state index < -0.39 is 5.60 Å². The van der Waals surface area contributed by atoms with E-state index in [1.165, 1.54) is 0 Å². The number of piperazine rings is 1. The molecular weight excluding hydrogens is 444 g/mol. The molecule has 2 amide bonds. The molecule has 2 aromatic carbocycles.